The Morgan fingerprint density at radius 3 is 2.69 bits per heavy atom. The van der Waals surface area contributed by atoms with Crippen LogP contribution in [0.5, 0.6) is 5.75 Å². The van der Waals surface area contributed by atoms with Gasteiger partial charge in [0, 0.05) is 5.69 Å². The lowest BCUT2D eigenvalue weighted by molar-refractivity contribution is 0.102. The number of nitrogens with one attached hydrogen (secondary N) is 1. The Bertz CT molecular complexity index is 935. The van der Waals surface area contributed by atoms with Crippen molar-refractivity contribution in [2.75, 3.05) is 11.9 Å². The van der Waals surface area contributed by atoms with Crippen LogP contribution in [0.25, 0.3) is 5.82 Å². The highest BCUT2D eigenvalue weighted by atomic mass is 19.1. The first-order chi connectivity index (χ1) is 12.5. The molecular formula is C19H19FN4O2. The molecule has 0 radical (unpaired) electrons. The van der Waals surface area contributed by atoms with E-state index in [4.69, 9.17) is 4.74 Å². The standard InChI is InChI=1S/C19H19FN4O2/c1-4-26-18-15(6-5-7-16(18)20)19(25)22-14-8-9-17(21-11-14)24-13(3)10-12(2)23-24/h5-11H,4H2,1-3H3,(H,22,25). The van der Waals surface area contributed by atoms with Gasteiger partial charge in [0.2, 0.25) is 0 Å². The summed E-state index contributed by atoms with van der Waals surface area (Å²) in [4.78, 5) is 16.8. The molecule has 0 aliphatic carbocycles. The van der Waals surface area contributed by atoms with E-state index in [0.29, 0.717) is 11.5 Å². The number of carbonyl (C=O) groups excluding carboxylic acids is 1. The van der Waals surface area contributed by atoms with E-state index in [-0.39, 0.29) is 17.9 Å². The number of aryl methyl sites for hydroxylation is 2. The van der Waals surface area contributed by atoms with E-state index in [1.165, 1.54) is 24.4 Å². The first-order valence-electron chi connectivity index (χ1n) is 8.22. The third-order valence-corrected chi connectivity index (χ3v) is 3.73. The minimum Gasteiger partial charge on any atom is -0.490 e. The van der Waals surface area contributed by atoms with Crippen molar-refractivity contribution >= 4 is 11.6 Å². The first-order valence-corrected chi connectivity index (χ1v) is 8.22. The molecule has 2 heterocycles. The maximum absolute atomic E-state index is 13.9. The molecule has 3 rings (SSSR count). The molecule has 0 unspecified atom stereocenters. The van der Waals surface area contributed by atoms with E-state index >= 15 is 0 Å². The molecular weight excluding hydrogens is 335 g/mol. The SMILES string of the molecule is CCOc1c(F)cccc1C(=O)Nc1ccc(-n2nc(C)cc2C)nc1. The van der Waals surface area contributed by atoms with Crippen LogP contribution in [-0.4, -0.2) is 27.3 Å². The minimum atomic E-state index is -0.572. The fraction of sp³-hybridized carbons (Fsp3) is 0.211. The van der Waals surface area contributed by atoms with Gasteiger partial charge in [0.1, 0.15) is 0 Å². The maximum atomic E-state index is 13.9. The van der Waals surface area contributed by atoms with Gasteiger partial charge >= 0.3 is 0 Å². The number of hydrogen-bond donors (Lipinski definition) is 1. The van der Waals surface area contributed by atoms with Crippen LogP contribution in [0.1, 0.15) is 28.7 Å². The number of ether oxygens (including phenoxy) is 1. The predicted octanol–water partition coefficient (Wildman–Crippen LogP) is 3.67. The summed E-state index contributed by atoms with van der Waals surface area (Å²) < 4.78 is 20.9. The van der Waals surface area contributed by atoms with Gasteiger partial charge in [-0.3, -0.25) is 4.79 Å². The number of halogens is 1. The van der Waals surface area contributed by atoms with Crippen molar-refractivity contribution in [3.63, 3.8) is 0 Å². The number of anilines is 1. The normalized spacial score (nSPS) is 10.6. The molecule has 3 aromatic rings. The summed E-state index contributed by atoms with van der Waals surface area (Å²) in [5.41, 5.74) is 2.49. The molecule has 0 fully saturated rings. The second-order valence-electron chi connectivity index (χ2n) is 5.75. The van der Waals surface area contributed by atoms with Crippen LogP contribution in [0.4, 0.5) is 10.1 Å². The Kier molecular flexibility index (Phi) is 4.97. The molecule has 1 N–H and O–H groups in total. The zero-order valence-electron chi connectivity index (χ0n) is 14.8. The van der Waals surface area contributed by atoms with E-state index in [2.05, 4.69) is 15.4 Å². The zero-order chi connectivity index (χ0) is 18.7. The number of carbonyl (C=O) groups is 1. The fourth-order valence-corrected chi connectivity index (χ4v) is 2.62. The summed E-state index contributed by atoms with van der Waals surface area (Å²) in [6.07, 6.45) is 1.53. The van der Waals surface area contributed by atoms with Crippen LogP contribution >= 0.6 is 0 Å². The third kappa shape index (κ3) is 3.56. The highest BCUT2D eigenvalue weighted by molar-refractivity contribution is 6.06. The summed E-state index contributed by atoms with van der Waals surface area (Å²) >= 11 is 0. The van der Waals surface area contributed by atoms with Gasteiger partial charge < -0.3 is 10.1 Å². The topological polar surface area (TPSA) is 69.0 Å². The average molecular weight is 354 g/mol. The van der Waals surface area contributed by atoms with Crippen molar-refractivity contribution in [2.24, 2.45) is 0 Å². The van der Waals surface area contributed by atoms with Crippen molar-refractivity contribution in [1.82, 2.24) is 14.8 Å². The molecule has 1 aromatic carbocycles. The summed E-state index contributed by atoms with van der Waals surface area (Å²) in [7, 11) is 0. The lowest BCUT2D eigenvalue weighted by Crippen LogP contribution is -2.15. The number of nitrogens with zero attached hydrogens (tertiary/aromatic N) is 3. The summed E-state index contributed by atoms with van der Waals surface area (Å²) in [5, 5.41) is 7.07. The van der Waals surface area contributed by atoms with E-state index in [1.54, 1.807) is 23.7 Å². The Balaban J connectivity index is 1.80. The number of rotatable bonds is 5. The zero-order valence-corrected chi connectivity index (χ0v) is 14.8. The molecule has 0 aliphatic heterocycles. The summed E-state index contributed by atoms with van der Waals surface area (Å²) in [5.74, 6) is -0.444. The van der Waals surface area contributed by atoms with Crippen molar-refractivity contribution in [2.45, 2.75) is 20.8 Å². The Labute approximate surface area is 150 Å². The Morgan fingerprint density at radius 2 is 2.08 bits per heavy atom. The average Bonchev–Trinajstić information content (AvgIpc) is 2.96. The lowest BCUT2D eigenvalue weighted by Gasteiger charge is -2.11. The van der Waals surface area contributed by atoms with Gasteiger partial charge in [-0.2, -0.15) is 5.10 Å². The monoisotopic (exact) mass is 354 g/mol. The number of hydrogen-bond acceptors (Lipinski definition) is 4. The molecule has 6 nitrogen and oxygen atoms in total. The summed E-state index contributed by atoms with van der Waals surface area (Å²) in [6.45, 7) is 5.85. The van der Waals surface area contributed by atoms with Crippen molar-refractivity contribution in [3.05, 3.63) is 65.4 Å². The second-order valence-corrected chi connectivity index (χ2v) is 5.75. The molecule has 0 spiro atoms. The molecule has 0 saturated carbocycles. The van der Waals surface area contributed by atoms with Crippen molar-refractivity contribution in [1.29, 1.82) is 0 Å². The highest BCUT2D eigenvalue weighted by Gasteiger charge is 2.16. The van der Waals surface area contributed by atoms with E-state index in [0.717, 1.165) is 11.4 Å². The first kappa shape index (κ1) is 17.6. The van der Waals surface area contributed by atoms with Crippen molar-refractivity contribution < 1.29 is 13.9 Å². The molecule has 7 heteroatoms. The van der Waals surface area contributed by atoms with Crippen LogP contribution in [-0.2, 0) is 0 Å². The largest absolute Gasteiger partial charge is 0.490 e. The van der Waals surface area contributed by atoms with Gasteiger partial charge in [0.15, 0.2) is 17.4 Å². The second kappa shape index (κ2) is 7.35. The van der Waals surface area contributed by atoms with Gasteiger partial charge in [0.05, 0.1) is 29.7 Å². The molecule has 1 amide bonds. The predicted molar refractivity (Wildman–Crippen MR) is 96.4 cm³/mol. The van der Waals surface area contributed by atoms with Gasteiger partial charge in [-0.25, -0.2) is 14.1 Å². The smallest absolute Gasteiger partial charge is 0.259 e. The van der Waals surface area contributed by atoms with Crippen LogP contribution in [0.2, 0.25) is 0 Å². The number of aromatic nitrogens is 3. The number of amides is 1. The van der Waals surface area contributed by atoms with Gasteiger partial charge in [0.25, 0.3) is 5.91 Å². The van der Waals surface area contributed by atoms with Crippen LogP contribution in [0, 0.1) is 19.7 Å². The molecule has 2 aromatic heterocycles. The molecule has 0 aliphatic rings. The molecule has 134 valence electrons. The number of pyridine rings is 1. The summed E-state index contributed by atoms with van der Waals surface area (Å²) in [6, 6.07) is 9.67. The molecule has 0 saturated heterocycles. The lowest BCUT2D eigenvalue weighted by atomic mass is 10.1. The highest BCUT2D eigenvalue weighted by Crippen LogP contribution is 2.24. The van der Waals surface area contributed by atoms with Gasteiger partial charge in [-0.1, -0.05) is 6.07 Å². The quantitative estimate of drug-likeness (QED) is 0.759. The molecule has 0 bridgehead atoms. The Morgan fingerprint density at radius 1 is 1.27 bits per heavy atom. The van der Waals surface area contributed by atoms with Crippen molar-refractivity contribution in [3.8, 4) is 11.6 Å². The fourth-order valence-electron chi connectivity index (χ4n) is 2.62. The van der Waals surface area contributed by atoms with E-state index in [1.807, 2.05) is 19.9 Å². The third-order valence-electron chi connectivity index (χ3n) is 3.73. The van der Waals surface area contributed by atoms with Crippen LogP contribution < -0.4 is 10.1 Å². The molecule has 26 heavy (non-hydrogen) atoms. The van der Waals surface area contributed by atoms with Gasteiger partial charge in [-0.05, 0) is 51.1 Å². The molecule has 0 atom stereocenters. The Hall–Kier alpha value is -3.22. The van der Waals surface area contributed by atoms with Crippen LogP contribution in [0.15, 0.2) is 42.6 Å². The number of benzene rings is 1. The van der Waals surface area contributed by atoms with Crippen LogP contribution in [0.3, 0.4) is 0 Å². The van der Waals surface area contributed by atoms with E-state index in [9.17, 15) is 9.18 Å². The maximum Gasteiger partial charge on any atom is 0.259 e. The minimum absolute atomic E-state index is 0.0558. The number of para-hydroxylation sites is 1. The van der Waals surface area contributed by atoms with E-state index < -0.39 is 11.7 Å². The van der Waals surface area contributed by atoms with Gasteiger partial charge in [-0.15, -0.1) is 0 Å².